The van der Waals surface area contributed by atoms with Gasteiger partial charge in [-0.05, 0) is 105 Å². The van der Waals surface area contributed by atoms with E-state index in [1.165, 1.54) is 55.6 Å². The van der Waals surface area contributed by atoms with Gasteiger partial charge >= 0.3 is 0 Å². The van der Waals surface area contributed by atoms with Gasteiger partial charge in [0.1, 0.15) is 0 Å². The molecular formula is C42H34O. The monoisotopic (exact) mass is 554 g/mol. The molecule has 0 saturated heterocycles. The lowest BCUT2D eigenvalue weighted by Gasteiger charge is -2.29. The number of hydrogen-bond donors (Lipinski definition) is 0. The average molecular weight is 555 g/mol. The van der Waals surface area contributed by atoms with Gasteiger partial charge in [0.2, 0.25) is 0 Å². The number of carbonyl (C=O) groups is 1. The third-order valence-electron chi connectivity index (χ3n) is 11.1. The number of Topliss-reactive ketones (excluding diaryl/α,β-unsaturated/α-hetero) is 1. The predicted molar refractivity (Wildman–Crippen MR) is 176 cm³/mol. The Labute approximate surface area is 254 Å². The molecule has 4 aromatic carbocycles. The quantitative estimate of drug-likeness (QED) is 0.212. The Bertz CT molecular complexity index is 1980. The van der Waals surface area contributed by atoms with Crippen LogP contribution >= 0.6 is 0 Å². The molecule has 43 heavy (non-hydrogen) atoms. The van der Waals surface area contributed by atoms with Gasteiger partial charge in [-0.1, -0.05) is 122 Å². The fourth-order valence-electron chi connectivity index (χ4n) is 8.71. The van der Waals surface area contributed by atoms with Crippen molar-refractivity contribution in [2.75, 3.05) is 0 Å². The standard InChI is InChI=1S/C42H34O/c1-42-21-5-4-9-31(42)25-39-34(12-7-14-40(39)42)30-20-18-27-16-15-26-17-19-29(22-36(26)41(43)37(27)23-30)33-11-6-13-35-32-10-3-2-8-28(32)24-38(33)35/h2-14,17-23,27,31,37H,15-16,24-25H2,1H3. The van der Waals surface area contributed by atoms with Crippen LogP contribution in [0.2, 0.25) is 0 Å². The molecule has 0 N–H and O–H groups in total. The summed E-state index contributed by atoms with van der Waals surface area (Å²) in [6, 6.07) is 28.8. The molecule has 1 heteroatoms. The summed E-state index contributed by atoms with van der Waals surface area (Å²) in [4.78, 5) is 14.4. The zero-order valence-electron chi connectivity index (χ0n) is 24.5. The molecule has 0 aromatic heterocycles. The maximum atomic E-state index is 14.4. The number of rotatable bonds is 2. The second kappa shape index (κ2) is 9.25. The first kappa shape index (κ1) is 25.0. The summed E-state index contributed by atoms with van der Waals surface area (Å²) in [5, 5.41) is 0. The van der Waals surface area contributed by atoms with Gasteiger partial charge in [0.05, 0.1) is 0 Å². The molecule has 0 amide bonds. The number of allylic oxidation sites excluding steroid dienone is 8. The van der Waals surface area contributed by atoms with Gasteiger partial charge in [-0.25, -0.2) is 0 Å². The van der Waals surface area contributed by atoms with Gasteiger partial charge in [-0.3, -0.25) is 4.79 Å². The summed E-state index contributed by atoms with van der Waals surface area (Å²) in [6.45, 7) is 2.37. The summed E-state index contributed by atoms with van der Waals surface area (Å²) in [5.74, 6) is 0.880. The number of fused-ring (bicyclic) bond motifs is 8. The largest absolute Gasteiger partial charge is 0.293 e. The topological polar surface area (TPSA) is 17.1 Å². The molecule has 0 saturated carbocycles. The normalized spacial score (nSPS) is 25.7. The van der Waals surface area contributed by atoms with E-state index in [4.69, 9.17) is 0 Å². The number of hydrogen-bond acceptors (Lipinski definition) is 1. The Kier molecular flexibility index (Phi) is 5.39. The van der Waals surface area contributed by atoms with E-state index in [9.17, 15) is 4.79 Å². The minimum absolute atomic E-state index is 0.0496. The molecular weight excluding hydrogens is 520 g/mol. The lowest BCUT2D eigenvalue weighted by molar-refractivity contribution is 0.0924. The molecule has 0 fully saturated rings. The van der Waals surface area contributed by atoms with Crippen LogP contribution in [0, 0.1) is 17.8 Å². The van der Waals surface area contributed by atoms with Crippen LogP contribution in [0.5, 0.6) is 0 Å². The Morgan fingerprint density at radius 1 is 0.744 bits per heavy atom. The Hall–Kier alpha value is -4.49. The van der Waals surface area contributed by atoms with Crippen LogP contribution in [0.15, 0.2) is 121 Å². The zero-order valence-corrected chi connectivity index (χ0v) is 24.5. The first-order chi connectivity index (χ1) is 21.1. The maximum Gasteiger partial charge on any atom is 0.170 e. The van der Waals surface area contributed by atoms with Crippen molar-refractivity contribution in [3.63, 3.8) is 0 Å². The second-order valence-corrected chi connectivity index (χ2v) is 13.3. The fraction of sp³-hybridized carbons (Fsp3) is 0.214. The maximum absolute atomic E-state index is 14.4. The summed E-state index contributed by atoms with van der Waals surface area (Å²) < 4.78 is 0. The first-order valence-electron chi connectivity index (χ1n) is 15.8. The van der Waals surface area contributed by atoms with Gasteiger partial charge in [0.15, 0.2) is 5.78 Å². The second-order valence-electron chi connectivity index (χ2n) is 13.3. The van der Waals surface area contributed by atoms with E-state index in [-0.39, 0.29) is 23.0 Å². The molecule has 0 spiro atoms. The van der Waals surface area contributed by atoms with Crippen LogP contribution < -0.4 is 0 Å². The fourth-order valence-corrected chi connectivity index (χ4v) is 8.71. The number of ketones is 1. The van der Waals surface area contributed by atoms with Crippen molar-refractivity contribution in [1.82, 2.24) is 0 Å². The molecule has 0 bridgehead atoms. The van der Waals surface area contributed by atoms with Crippen molar-refractivity contribution in [2.45, 2.75) is 38.0 Å². The smallest absolute Gasteiger partial charge is 0.170 e. The highest BCUT2D eigenvalue weighted by atomic mass is 16.1. The Balaban J connectivity index is 1.10. The predicted octanol–water partition coefficient (Wildman–Crippen LogP) is 9.50. The number of aryl methyl sites for hydroxylation is 1. The lowest BCUT2D eigenvalue weighted by atomic mass is 9.74. The van der Waals surface area contributed by atoms with Crippen LogP contribution in [0.1, 0.15) is 57.1 Å². The van der Waals surface area contributed by atoms with Crippen LogP contribution in [0.3, 0.4) is 0 Å². The number of benzene rings is 4. The van der Waals surface area contributed by atoms with E-state index in [1.807, 2.05) is 0 Å². The molecule has 1 nitrogen and oxygen atoms in total. The van der Waals surface area contributed by atoms with Crippen molar-refractivity contribution in [1.29, 1.82) is 0 Å². The van der Waals surface area contributed by atoms with E-state index in [1.54, 1.807) is 0 Å². The van der Waals surface area contributed by atoms with Gasteiger partial charge in [-0.15, -0.1) is 0 Å². The van der Waals surface area contributed by atoms with E-state index < -0.39 is 0 Å². The van der Waals surface area contributed by atoms with Gasteiger partial charge < -0.3 is 0 Å². The Morgan fingerprint density at radius 3 is 2.53 bits per heavy atom. The minimum atomic E-state index is -0.128. The van der Waals surface area contributed by atoms with E-state index >= 15 is 0 Å². The highest BCUT2D eigenvalue weighted by Gasteiger charge is 2.42. The van der Waals surface area contributed by atoms with Crippen molar-refractivity contribution in [3.05, 3.63) is 160 Å². The molecule has 9 rings (SSSR count). The molecule has 0 heterocycles. The molecule has 4 unspecified atom stereocenters. The summed E-state index contributed by atoms with van der Waals surface area (Å²) in [7, 11) is 0. The van der Waals surface area contributed by atoms with Crippen LogP contribution in [-0.2, 0) is 24.7 Å². The molecule has 5 aliphatic rings. The molecule has 0 radical (unpaired) electrons. The number of carbonyl (C=O) groups excluding carboxylic acids is 1. The summed E-state index contributed by atoms with van der Waals surface area (Å²) >= 11 is 0. The van der Waals surface area contributed by atoms with Crippen molar-refractivity contribution in [3.8, 4) is 22.3 Å². The third kappa shape index (κ3) is 3.67. The van der Waals surface area contributed by atoms with Crippen molar-refractivity contribution >= 4 is 11.4 Å². The third-order valence-corrected chi connectivity index (χ3v) is 11.1. The van der Waals surface area contributed by atoms with Crippen molar-refractivity contribution in [2.24, 2.45) is 17.8 Å². The SMILES string of the molecule is CC12C=CC=CC1Cc1c(C3=CC4C(=O)c5cc(-c6cccc7c6Cc6ccccc6-7)ccc5CCC4C=C3)cccc12. The minimum Gasteiger partial charge on any atom is -0.293 e. The van der Waals surface area contributed by atoms with Gasteiger partial charge in [0, 0.05) is 16.9 Å². The lowest BCUT2D eigenvalue weighted by Crippen LogP contribution is -2.25. The molecule has 208 valence electrons. The van der Waals surface area contributed by atoms with Crippen LogP contribution in [0.4, 0.5) is 0 Å². The first-order valence-corrected chi connectivity index (χ1v) is 15.8. The summed E-state index contributed by atoms with van der Waals surface area (Å²) in [6.07, 6.45) is 20.0. The zero-order chi connectivity index (χ0) is 28.7. The molecule has 4 aromatic rings. The van der Waals surface area contributed by atoms with E-state index in [0.29, 0.717) is 5.92 Å². The van der Waals surface area contributed by atoms with Gasteiger partial charge in [0.25, 0.3) is 0 Å². The van der Waals surface area contributed by atoms with Crippen LogP contribution in [-0.4, -0.2) is 5.78 Å². The van der Waals surface area contributed by atoms with Gasteiger partial charge in [-0.2, -0.15) is 0 Å². The Morgan fingerprint density at radius 2 is 1.58 bits per heavy atom. The average Bonchev–Trinajstić information content (AvgIpc) is 3.54. The van der Waals surface area contributed by atoms with Crippen LogP contribution in [0.25, 0.3) is 27.8 Å². The molecule has 4 atom stereocenters. The summed E-state index contributed by atoms with van der Waals surface area (Å²) in [5.41, 5.74) is 15.4. The molecule has 0 aliphatic heterocycles. The van der Waals surface area contributed by atoms with E-state index in [0.717, 1.165) is 36.8 Å². The van der Waals surface area contributed by atoms with E-state index in [2.05, 4.69) is 128 Å². The highest BCUT2D eigenvalue weighted by Crippen LogP contribution is 2.49. The molecule has 5 aliphatic carbocycles. The van der Waals surface area contributed by atoms with Crippen molar-refractivity contribution < 1.29 is 4.79 Å². The highest BCUT2D eigenvalue weighted by molar-refractivity contribution is 6.03.